The topological polar surface area (TPSA) is 78.1 Å². The Hall–Kier alpha value is -3.09. The summed E-state index contributed by atoms with van der Waals surface area (Å²) in [4.78, 5) is 23.6. The highest BCUT2D eigenvalue weighted by Gasteiger charge is 2.12. The Bertz CT molecular complexity index is 798. The van der Waals surface area contributed by atoms with E-state index in [0.717, 1.165) is 0 Å². The minimum atomic E-state index is -0.515. The molecule has 2 heterocycles. The van der Waals surface area contributed by atoms with Gasteiger partial charge in [-0.1, -0.05) is 0 Å². The van der Waals surface area contributed by atoms with E-state index in [2.05, 4.69) is 19.7 Å². The Balaban J connectivity index is 1.87. The minimum absolute atomic E-state index is 0.244. The SMILES string of the molecule is COC(=O)c1cnc(-c2coc(-c3ccc(F)cc3)n2)nc1. The van der Waals surface area contributed by atoms with E-state index in [9.17, 15) is 9.18 Å². The zero-order valence-corrected chi connectivity index (χ0v) is 11.5. The average Bonchev–Trinajstić information content (AvgIpc) is 3.05. The van der Waals surface area contributed by atoms with Crippen molar-refractivity contribution >= 4 is 5.97 Å². The van der Waals surface area contributed by atoms with E-state index in [4.69, 9.17) is 4.42 Å². The summed E-state index contributed by atoms with van der Waals surface area (Å²) in [5.41, 5.74) is 1.29. The average molecular weight is 299 g/mol. The van der Waals surface area contributed by atoms with Crippen LogP contribution in [0.3, 0.4) is 0 Å². The van der Waals surface area contributed by atoms with E-state index < -0.39 is 5.97 Å². The third-order valence-electron chi connectivity index (χ3n) is 2.90. The highest BCUT2D eigenvalue weighted by molar-refractivity contribution is 5.88. The summed E-state index contributed by atoms with van der Waals surface area (Å²) in [5.74, 6) is -0.212. The zero-order valence-electron chi connectivity index (χ0n) is 11.5. The lowest BCUT2D eigenvalue weighted by molar-refractivity contribution is 0.0600. The fraction of sp³-hybridized carbons (Fsp3) is 0.0667. The quantitative estimate of drug-likeness (QED) is 0.692. The number of hydrogen-bond acceptors (Lipinski definition) is 6. The van der Waals surface area contributed by atoms with E-state index in [1.54, 1.807) is 12.1 Å². The van der Waals surface area contributed by atoms with Gasteiger partial charge in [-0.2, -0.15) is 0 Å². The van der Waals surface area contributed by atoms with Crippen LogP contribution in [0.15, 0.2) is 47.3 Å². The van der Waals surface area contributed by atoms with Gasteiger partial charge in [0.25, 0.3) is 0 Å². The van der Waals surface area contributed by atoms with Crippen molar-refractivity contribution in [3.63, 3.8) is 0 Å². The summed E-state index contributed by atoms with van der Waals surface area (Å²) < 4.78 is 22.8. The number of rotatable bonds is 3. The van der Waals surface area contributed by atoms with Gasteiger partial charge in [0.15, 0.2) is 5.82 Å². The molecule has 6 nitrogen and oxygen atoms in total. The molecule has 1 aromatic carbocycles. The summed E-state index contributed by atoms with van der Waals surface area (Å²) in [7, 11) is 1.28. The molecule has 0 aliphatic rings. The van der Waals surface area contributed by atoms with Crippen molar-refractivity contribution < 1.29 is 18.3 Å². The molecule has 22 heavy (non-hydrogen) atoms. The van der Waals surface area contributed by atoms with Crippen molar-refractivity contribution in [1.82, 2.24) is 15.0 Å². The number of esters is 1. The number of carbonyl (C=O) groups excluding carboxylic acids is 1. The Morgan fingerprint density at radius 2 is 1.86 bits per heavy atom. The van der Waals surface area contributed by atoms with Crippen LogP contribution < -0.4 is 0 Å². The molecule has 0 N–H and O–H groups in total. The summed E-state index contributed by atoms with van der Waals surface area (Å²) in [6.07, 6.45) is 4.09. The second kappa shape index (κ2) is 5.72. The van der Waals surface area contributed by atoms with E-state index in [1.807, 2.05) is 0 Å². The molecule has 7 heteroatoms. The standard InChI is InChI=1S/C15H10FN3O3/c1-21-15(20)10-6-17-13(18-7-10)12-8-22-14(19-12)9-2-4-11(16)5-3-9/h2-8H,1H3. The lowest BCUT2D eigenvalue weighted by Crippen LogP contribution is -2.03. The highest BCUT2D eigenvalue weighted by atomic mass is 19.1. The van der Waals surface area contributed by atoms with Crippen molar-refractivity contribution in [2.75, 3.05) is 7.11 Å². The number of halogens is 1. The first kappa shape index (κ1) is 13.9. The van der Waals surface area contributed by atoms with Crippen molar-refractivity contribution in [3.05, 3.63) is 54.3 Å². The fourth-order valence-corrected chi connectivity index (χ4v) is 1.79. The third-order valence-corrected chi connectivity index (χ3v) is 2.90. The molecule has 0 radical (unpaired) electrons. The molecule has 2 aromatic heterocycles. The van der Waals surface area contributed by atoms with Gasteiger partial charge in [0.2, 0.25) is 5.89 Å². The maximum atomic E-state index is 12.9. The predicted octanol–water partition coefficient (Wildman–Crippen LogP) is 2.72. The molecule has 3 rings (SSSR count). The fourth-order valence-electron chi connectivity index (χ4n) is 1.79. The summed E-state index contributed by atoms with van der Waals surface area (Å²) in [6.45, 7) is 0. The Kier molecular flexibility index (Phi) is 3.61. The lowest BCUT2D eigenvalue weighted by atomic mass is 10.2. The van der Waals surface area contributed by atoms with Gasteiger partial charge in [-0.3, -0.25) is 0 Å². The van der Waals surface area contributed by atoms with Crippen LogP contribution in [0.2, 0.25) is 0 Å². The van der Waals surface area contributed by atoms with E-state index in [0.29, 0.717) is 23.0 Å². The second-order valence-corrected chi connectivity index (χ2v) is 4.33. The lowest BCUT2D eigenvalue weighted by Gasteiger charge is -1.98. The van der Waals surface area contributed by atoms with E-state index in [-0.39, 0.29) is 11.4 Å². The molecule has 110 valence electrons. The summed E-state index contributed by atoms with van der Waals surface area (Å²) in [6, 6.07) is 5.76. The van der Waals surface area contributed by atoms with Gasteiger partial charge < -0.3 is 9.15 Å². The number of methoxy groups -OCH3 is 1. The molecule has 0 fully saturated rings. The molecule has 0 saturated heterocycles. The van der Waals surface area contributed by atoms with Crippen molar-refractivity contribution in [2.45, 2.75) is 0 Å². The molecule has 0 bridgehead atoms. The van der Waals surface area contributed by atoms with E-state index >= 15 is 0 Å². The second-order valence-electron chi connectivity index (χ2n) is 4.33. The molecule has 0 atom stereocenters. The van der Waals surface area contributed by atoms with Crippen LogP contribution in [0.25, 0.3) is 23.0 Å². The maximum Gasteiger partial charge on any atom is 0.341 e. The summed E-state index contributed by atoms with van der Waals surface area (Å²) in [5, 5.41) is 0. The number of benzene rings is 1. The first-order valence-corrected chi connectivity index (χ1v) is 6.29. The van der Waals surface area contributed by atoms with Crippen molar-refractivity contribution in [1.29, 1.82) is 0 Å². The molecular weight excluding hydrogens is 289 g/mol. The number of carbonyl (C=O) groups is 1. The Morgan fingerprint density at radius 1 is 1.18 bits per heavy atom. The number of hydrogen-bond donors (Lipinski definition) is 0. The van der Waals surface area contributed by atoms with Gasteiger partial charge in [0.1, 0.15) is 17.8 Å². The number of oxazole rings is 1. The number of ether oxygens (including phenoxy) is 1. The molecule has 0 amide bonds. The largest absolute Gasteiger partial charge is 0.465 e. The van der Waals surface area contributed by atoms with Crippen LogP contribution in [-0.2, 0) is 4.74 Å². The van der Waals surface area contributed by atoms with Crippen LogP contribution in [0.5, 0.6) is 0 Å². The molecule has 0 spiro atoms. The first-order chi connectivity index (χ1) is 10.7. The molecule has 3 aromatic rings. The Labute approximate surface area is 124 Å². The van der Waals surface area contributed by atoms with Gasteiger partial charge >= 0.3 is 5.97 Å². The molecular formula is C15H10FN3O3. The number of nitrogens with zero attached hydrogens (tertiary/aromatic N) is 3. The normalized spacial score (nSPS) is 10.5. The van der Waals surface area contributed by atoms with Gasteiger partial charge in [-0.15, -0.1) is 0 Å². The smallest absolute Gasteiger partial charge is 0.341 e. The van der Waals surface area contributed by atoms with Crippen LogP contribution in [0, 0.1) is 5.82 Å². The number of aromatic nitrogens is 3. The Morgan fingerprint density at radius 3 is 2.50 bits per heavy atom. The minimum Gasteiger partial charge on any atom is -0.465 e. The molecule has 0 aliphatic heterocycles. The van der Waals surface area contributed by atoms with Gasteiger partial charge in [0, 0.05) is 18.0 Å². The van der Waals surface area contributed by atoms with Crippen LogP contribution in [0.4, 0.5) is 4.39 Å². The van der Waals surface area contributed by atoms with Gasteiger partial charge in [-0.25, -0.2) is 24.1 Å². The van der Waals surface area contributed by atoms with E-state index in [1.165, 1.54) is 37.9 Å². The maximum absolute atomic E-state index is 12.9. The molecule has 0 unspecified atom stereocenters. The molecule has 0 aliphatic carbocycles. The highest BCUT2D eigenvalue weighted by Crippen LogP contribution is 2.22. The predicted molar refractivity (Wildman–Crippen MR) is 74.3 cm³/mol. The van der Waals surface area contributed by atoms with Gasteiger partial charge in [-0.05, 0) is 24.3 Å². The monoisotopic (exact) mass is 299 g/mol. The third kappa shape index (κ3) is 2.69. The van der Waals surface area contributed by atoms with Crippen molar-refractivity contribution in [2.24, 2.45) is 0 Å². The molecule has 0 saturated carbocycles. The van der Waals surface area contributed by atoms with Crippen molar-refractivity contribution in [3.8, 4) is 23.0 Å². The van der Waals surface area contributed by atoms with Crippen LogP contribution in [0.1, 0.15) is 10.4 Å². The zero-order chi connectivity index (χ0) is 15.5. The summed E-state index contributed by atoms with van der Waals surface area (Å²) >= 11 is 0. The van der Waals surface area contributed by atoms with Gasteiger partial charge in [0.05, 0.1) is 12.7 Å². The van der Waals surface area contributed by atoms with Crippen LogP contribution >= 0.6 is 0 Å². The first-order valence-electron chi connectivity index (χ1n) is 6.29. The van der Waals surface area contributed by atoms with Crippen LogP contribution in [-0.4, -0.2) is 28.0 Å².